The predicted octanol–water partition coefficient (Wildman–Crippen LogP) is -3.66. The Morgan fingerprint density at radius 1 is 1.35 bits per heavy atom. The normalized spacial score (nSPS) is 26.6. The van der Waals surface area contributed by atoms with Crippen LogP contribution in [0.1, 0.15) is 0 Å². The molecule has 1 saturated heterocycles. The number of aromatic amines is 2. The third kappa shape index (κ3) is 1.72. The minimum atomic E-state index is -1.49. The standard InChI is InChI=1S/C9H11N5O6/c15-1-3-5(16)8(18)14(20-3)13-2-10-4-6(13)11-9(19)12-7(4)17/h2-3,5,8,15-16,18H,1H2,(H2,11,12,17,19)/t3-,5-,8-/m1/s1. The molecule has 20 heavy (non-hydrogen) atoms. The van der Waals surface area contributed by atoms with Crippen molar-refractivity contribution in [2.75, 3.05) is 11.8 Å². The molecular formula is C9H11N5O6. The smallest absolute Gasteiger partial charge is 0.327 e. The highest BCUT2D eigenvalue weighted by molar-refractivity contribution is 5.69. The van der Waals surface area contributed by atoms with E-state index in [1.165, 1.54) is 0 Å². The first-order chi connectivity index (χ1) is 9.52. The van der Waals surface area contributed by atoms with Crippen LogP contribution in [-0.4, -0.2) is 60.0 Å². The molecule has 108 valence electrons. The molecule has 3 heterocycles. The van der Waals surface area contributed by atoms with Crippen molar-refractivity contribution >= 4 is 11.2 Å². The Kier molecular flexibility index (Phi) is 2.83. The van der Waals surface area contributed by atoms with E-state index >= 15 is 0 Å². The highest BCUT2D eigenvalue weighted by Crippen LogP contribution is 2.20. The van der Waals surface area contributed by atoms with Crippen LogP contribution in [0.4, 0.5) is 0 Å². The van der Waals surface area contributed by atoms with E-state index in [0.717, 1.165) is 16.2 Å². The lowest BCUT2D eigenvalue weighted by molar-refractivity contribution is -0.0214. The van der Waals surface area contributed by atoms with Crippen LogP contribution in [0.2, 0.25) is 0 Å². The van der Waals surface area contributed by atoms with Crippen molar-refractivity contribution < 1.29 is 20.2 Å². The zero-order valence-corrected chi connectivity index (χ0v) is 9.92. The highest BCUT2D eigenvalue weighted by Gasteiger charge is 2.42. The summed E-state index contributed by atoms with van der Waals surface area (Å²) in [6, 6.07) is 0. The Labute approximate surface area is 109 Å². The summed E-state index contributed by atoms with van der Waals surface area (Å²) >= 11 is 0. The fourth-order valence-corrected chi connectivity index (χ4v) is 1.98. The Hall–Kier alpha value is -2.21. The average molecular weight is 285 g/mol. The first kappa shape index (κ1) is 12.8. The molecule has 0 saturated carbocycles. The second-order valence-electron chi connectivity index (χ2n) is 4.23. The third-order valence-corrected chi connectivity index (χ3v) is 2.97. The van der Waals surface area contributed by atoms with Gasteiger partial charge in [-0.3, -0.25) is 14.8 Å². The molecule has 0 spiro atoms. The molecule has 0 unspecified atom stereocenters. The van der Waals surface area contributed by atoms with Crippen LogP contribution in [0.5, 0.6) is 0 Å². The molecule has 0 aliphatic carbocycles. The van der Waals surface area contributed by atoms with Gasteiger partial charge in [0.2, 0.25) is 0 Å². The first-order valence-corrected chi connectivity index (χ1v) is 5.66. The van der Waals surface area contributed by atoms with E-state index in [9.17, 15) is 19.8 Å². The van der Waals surface area contributed by atoms with Crippen molar-refractivity contribution in [3.63, 3.8) is 0 Å². The topological polar surface area (TPSA) is 157 Å². The summed E-state index contributed by atoms with van der Waals surface area (Å²) in [7, 11) is 0. The number of H-pyrrole nitrogens is 2. The van der Waals surface area contributed by atoms with E-state index in [2.05, 4.69) is 9.97 Å². The molecule has 0 amide bonds. The molecule has 0 radical (unpaired) electrons. The fourth-order valence-electron chi connectivity index (χ4n) is 1.98. The van der Waals surface area contributed by atoms with Crippen molar-refractivity contribution in [3.05, 3.63) is 27.2 Å². The van der Waals surface area contributed by atoms with E-state index in [1.807, 2.05) is 4.98 Å². The molecule has 1 aliphatic heterocycles. The first-order valence-electron chi connectivity index (χ1n) is 5.66. The molecule has 1 fully saturated rings. The maximum Gasteiger partial charge on any atom is 0.327 e. The van der Waals surface area contributed by atoms with Gasteiger partial charge in [0, 0.05) is 0 Å². The number of nitrogens with one attached hydrogen (secondary N) is 2. The number of hydrogen-bond donors (Lipinski definition) is 5. The van der Waals surface area contributed by atoms with E-state index in [-0.39, 0.29) is 11.2 Å². The third-order valence-electron chi connectivity index (χ3n) is 2.97. The molecule has 5 N–H and O–H groups in total. The minimum absolute atomic E-state index is 0.0106. The molecule has 1 aliphatic rings. The van der Waals surface area contributed by atoms with Gasteiger partial charge in [-0.1, -0.05) is 0 Å². The summed E-state index contributed by atoms with van der Waals surface area (Å²) < 4.78 is 1.06. The Bertz CT molecular complexity index is 749. The van der Waals surface area contributed by atoms with Crippen molar-refractivity contribution in [1.29, 1.82) is 0 Å². The second-order valence-corrected chi connectivity index (χ2v) is 4.23. The van der Waals surface area contributed by atoms with Crippen molar-refractivity contribution in [2.45, 2.75) is 18.4 Å². The van der Waals surface area contributed by atoms with Gasteiger partial charge in [0.05, 0.1) is 6.61 Å². The van der Waals surface area contributed by atoms with E-state index in [4.69, 9.17) is 9.94 Å². The molecule has 3 atom stereocenters. The van der Waals surface area contributed by atoms with E-state index in [0.29, 0.717) is 0 Å². The lowest BCUT2D eigenvalue weighted by Gasteiger charge is -2.21. The van der Waals surface area contributed by atoms with Gasteiger partial charge >= 0.3 is 5.69 Å². The molecule has 2 aromatic heterocycles. The lowest BCUT2D eigenvalue weighted by Crippen LogP contribution is -2.42. The largest absolute Gasteiger partial charge is 0.393 e. The molecule has 0 aromatic carbocycles. The number of imidazole rings is 1. The second kappa shape index (κ2) is 4.42. The molecule has 3 rings (SSSR count). The SMILES string of the molecule is O=c1[nH]c(=O)c2ncn(N3O[C@H](CO)[C@@H](O)[C@H]3O)c2[nH]1. The minimum Gasteiger partial charge on any atom is -0.393 e. The summed E-state index contributed by atoms with van der Waals surface area (Å²) in [4.78, 5) is 36.1. The average Bonchev–Trinajstić information content (AvgIpc) is 2.93. The van der Waals surface area contributed by atoms with Gasteiger partial charge in [-0.25, -0.2) is 19.3 Å². The van der Waals surface area contributed by atoms with Crippen molar-refractivity contribution in [1.82, 2.24) is 19.6 Å². The summed E-state index contributed by atoms with van der Waals surface area (Å²) in [5.74, 6) is 0. The molecule has 2 aromatic rings. The maximum atomic E-state index is 11.5. The van der Waals surface area contributed by atoms with Crippen LogP contribution in [-0.2, 0) is 4.84 Å². The van der Waals surface area contributed by atoms with Crippen LogP contribution >= 0.6 is 0 Å². The van der Waals surface area contributed by atoms with Crippen LogP contribution in [0.3, 0.4) is 0 Å². The lowest BCUT2D eigenvalue weighted by atomic mass is 10.2. The van der Waals surface area contributed by atoms with E-state index in [1.54, 1.807) is 0 Å². The molecule has 11 nitrogen and oxygen atoms in total. The predicted molar refractivity (Wildman–Crippen MR) is 63.2 cm³/mol. The molecular weight excluding hydrogens is 274 g/mol. The molecule has 0 bridgehead atoms. The quantitative estimate of drug-likeness (QED) is 0.378. The van der Waals surface area contributed by atoms with Crippen LogP contribution in [0.25, 0.3) is 11.2 Å². The van der Waals surface area contributed by atoms with Crippen LogP contribution < -0.4 is 16.4 Å². The molecule has 11 heteroatoms. The Morgan fingerprint density at radius 2 is 2.10 bits per heavy atom. The van der Waals surface area contributed by atoms with Gasteiger partial charge in [-0.05, 0) is 0 Å². The number of aliphatic hydroxyl groups is 3. The maximum absolute atomic E-state index is 11.5. The fraction of sp³-hybridized carbons (Fsp3) is 0.444. The number of aliphatic hydroxyl groups excluding tert-OH is 3. The number of nitrogens with zero attached hydrogens (tertiary/aromatic N) is 3. The zero-order valence-electron chi connectivity index (χ0n) is 9.92. The Morgan fingerprint density at radius 3 is 2.75 bits per heavy atom. The highest BCUT2D eigenvalue weighted by atomic mass is 16.8. The number of hydrogen-bond acceptors (Lipinski definition) is 8. The number of rotatable bonds is 2. The monoisotopic (exact) mass is 285 g/mol. The van der Waals surface area contributed by atoms with Crippen LogP contribution in [0.15, 0.2) is 15.9 Å². The van der Waals surface area contributed by atoms with Crippen molar-refractivity contribution in [3.8, 4) is 0 Å². The summed E-state index contributed by atoms with van der Waals surface area (Å²) in [6.45, 7) is -0.515. The number of aromatic nitrogens is 4. The van der Waals surface area contributed by atoms with Gasteiger partial charge in [0.15, 0.2) is 17.4 Å². The van der Waals surface area contributed by atoms with Crippen LogP contribution in [0, 0.1) is 0 Å². The van der Waals surface area contributed by atoms with Gasteiger partial charge < -0.3 is 15.3 Å². The number of hydroxylamine groups is 1. The van der Waals surface area contributed by atoms with Gasteiger partial charge in [0.25, 0.3) is 5.56 Å². The number of fused-ring (bicyclic) bond motifs is 1. The zero-order chi connectivity index (χ0) is 14.4. The van der Waals surface area contributed by atoms with Gasteiger partial charge in [-0.15, -0.1) is 0 Å². The summed E-state index contributed by atoms with van der Waals surface area (Å²) in [5.41, 5.74) is -1.53. The van der Waals surface area contributed by atoms with Crippen molar-refractivity contribution in [2.24, 2.45) is 0 Å². The summed E-state index contributed by atoms with van der Waals surface area (Å²) in [6.07, 6.45) is -2.75. The van der Waals surface area contributed by atoms with E-state index < -0.39 is 36.3 Å². The van der Waals surface area contributed by atoms with Gasteiger partial charge in [-0.2, -0.15) is 5.17 Å². The van der Waals surface area contributed by atoms with Gasteiger partial charge in [0.1, 0.15) is 18.5 Å². The summed E-state index contributed by atoms with van der Waals surface area (Å²) in [5, 5.41) is 29.3. The Balaban J connectivity index is 2.12.